The van der Waals surface area contributed by atoms with E-state index in [9.17, 15) is 0 Å². The van der Waals surface area contributed by atoms with Gasteiger partial charge in [-0.1, -0.05) is 42.5 Å². The Morgan fingerprint density at radius 3 is 2.17 bits per heavy atom. The highest BCUT2D eigenvalue weighted by Gasteiger charge is 2.16. The van der Waals surface area contributed by atoms with Crippen LogP contribution in [0, 0.1) is 0 Å². The second-order valence-electron chi connectivity index (χ2n) is 8.29. The van der Waals surface area contributed by atoms with E-state index in [1.807, 2.05) is 67.1 Å². The van der Waals surface area contributed by atoms with Gasteiger partial charge in [0.2, 0.25) is 0 Å². The van der Waals surface area contributed by atoms with Crippen LogP contribution in [-0.2, 0) is 0 Å². The zero-order chi connectivity index (χ0) is 24.5. The van der Waals surface area contributed by atoms with Gasteiger partial charge in [0.1, 0.15) is 11.5 Å². The van der Waals surface area contributed by atoms with E-state index in [0.717, 1.165) is 49.8 Å². The number of nitrogens with zero attached hydrogens (tertiary/aromatic N) is 4. The molecule has 6 nitrogen and oxygen atoms in total. The van der Waals surface area contributed by atoms with Crippen molar-refractivity contribution < 1.29 is 9.47 Å². The summed E-state index contributed by atoms with van der Waals surface area (Å²) in [4.78, 5) is 18.6. The van der Waals surface area contributed by atoms with Gasteiger partial charge in [-0.25, -0.2) is 0 Å². The first-order chi connectivity index (χ1) is 17.8. The average molecular weight is 471 g/mol. The zero-order valence-corrected chi connectivity index (χ0v) is 19.8. The number of fused-ring (bicyclic) bond motifs is 2. The summed E-state index contributed by atoms with van der Waals surface area (Å²) < 4.78 is 11.2. The van der Waals surface area contributed by atoms with Crippen molar-refractivity contribution in [3.8, 4) is 45.4 Å². The highest BCUT2D eigenvalue weighted by molar-refractivity contribution is 6.07. The molecule has 0 aliphatic carbocycles. The summed E-state index contributed by atoms with van der Waals surface area (Å²) in [5, 5.41) is 4.26. The molecular formula is C30H22N4O2. The van der Waals surface area contributed by atoms with Crippen molar-refractivity contribution in [1.29, 1.82) is 0 Å². The van der Waals surface area contributed by atoms with Crippen LogP contribution in [-0.4, -0.2) is 34.2 Å². The molecule has 0 N–H and O–H groups in total. The number of aromatic nitrogens is 4. The molecular weight excluding hydrogens is 448 g/mol. The van der Waals surface area contributed by atoms with E-state index in [2.05, 4.69) is 29.2 Å². The predicted molar refractivity (Wildman–Crippen MR) is 142 cm³/mol. The molecule has 0 unspecified atom stereocenters. The number of methoxy groups -OCH3 is 2. The van der Waals surface area contributed by atoms with Crippen molar-refractivity contribution in [3.63, 3.8) is 0 Å². The molecule has 2 aromatic carbocycles. The Balaban J connectivity index is 1.52. The van der Waals surface area contributed by atoms with Gasteiger partial charge in [-0.3, -0.25) is 19.9 Å². The standard InChI is InChI=1S/C30H22N4O2/c1-35-20-11-14-31-26(16-20)27-17-28(36-2)25(18-34-27)22-8-5-9-24-23(22)12-15-33-30(24)29-21-7-4-3-6-19(21)10-13-32-29/h3-18H,1-2H3. The molecule has 0 fully saturated rings. The van der Waals surface area contributed by atoms with E-state index in [4.69, 9.17) is 24.4 Å². The van der Waals surface area contributed by atoms with E-state index in [0.29, 0.717) is 17.1 Å². The van der Waals surface area contributed by atoms with Gasteiger partial charge in [-0.2, -0.15) is 0 Å². The van der Waals surface area contributed by atoms with Crippen LogP contribution in [0.3, 0.4) is 0 Å². The summed E-state index contributed by atoms with van der Waals surface area (Å²) in [6.45, 7) is 0. The zero-order valence-electron chi connectivity index (χ0n) is 19.8. The molecule has 0 aliphatic heterocycles. The second kappa shape index (κ2) is 9.07. The topological polar surface area (TPSA) is 70.0 Å². The van der Waals surface area contributed by atoms with E-state index >= 15 is 0 Å². The van der Waals surface area contributed by atoms with Crippen LogP contribution in [0.4, 0.5) is 0 Å². The van der Waals surface area contributed by atoms with Crippen molar-refractivity contribution in [2.45, 2.75) is 0 Å². The minimum absolute atomic E-state index is 0.706. The lowest BCUT2D eigenvalue weighted by Crippen LogP contribution is -1.96. The Labute approximate surface area is 208 Å². The van der Waals surface area contributed by atoms with Gasteiger partial charge in [0, 0.05) is 53.3 Å². The largest absolute Gasteiger partial charge is 0.497 e. The SMILES string of the molecule is COc1ccnc(-c2cc(OC)c(-c3cccc4c(-c5nccc6ccccc56)nccc34)cn2)c1. The lowest BCUT2D eigenvalue weighted by Gasteiger charge is -2.14. The van der Waals surface area contributed by atoms with Crippen molar-refractivity contribution in [3.05, 3.63) is 97.6 Å². The minimum atomic E-state index is 0.706. The summed E-state index contributed by atoms with van der Waals surface area (Å²) in [6, 6.07) is 24.0. The molecule has 0 radical (unpaired) electrons. The molecule has 0 atom stereocenters. The molecule has 36 heavy (non-hydrogen) atoms. The number of hydrogen-bond acceptors (Lipinski definition) is 6. The van der Waals surface area contributed by atoms with E-state index in [1.165, 1.54) is 0 Å². The lowest BCUT2D eigenvalue weighted by molar-refractivity contribution is 0.414. The summed E-state index contributed by atoms with van der Waals surface area (Å²) in [6.07, 6.45) is 7.20. The van der Waals surface area contributed by atoms with Gasteiger partial charge in [-0.15, -0.1) is 0 Å². The Kier molecular flexibility index (Phi) is 5.46. The summed E-state index contributed by atoms with van der Waals surface area (Å²) in [5.41, 5.74) is 5.02. The van der Waals surface area contributed by atoms with Crippen molar-refractivity contribution in [1.82, 2.24) is 19.9 Å². The fourth-order valence-corrected chi connectivity index (χ4v) is 4.57. The van der Waals surface area contributed by atoms with Crippen molar-refractivity contribution in [2.24, 2.45) is 0 Å². The van der Waals surface area contributed by atoms with Crippen LogP contribution in [0.25, 0.3) is 55.4 Å². The maximum Gasteiger partial charge on any atom is 0.130 e. The van der Waals surface area contributed by atoms with E-state index in [-0.39, 0.29) is 0 Å². The van der Waals surface area contributed by atoms with Crippen LogP contribution >= 0.6 is 0 Å². The average Bonchev–Trinajstić information content (AvgIpc) is 2.96. The Morgan fingerprint density at radius 1 is 0.556 bits per heavy atom. The molecule has 0 saturated heterocycles. The molecule has 6 heteroatoms. The molecule has 0 amide bonds. The normalized spacial score (nSPS) is 11.1. The number of rotatable bonds is 5. The molecule has 4 aromatic heterocycles. The first kappa shape index (κ1) is 21.7. The van der Waals surface area contributed by atoms with Crippen LogP contribution < -0.4 is 9.47 Å². The van der Waals surface area contributed by atoms with Crippen LogP contribution in [0.2, 0.25) is 0 Å². The first-order valence-corrected chi connectivity index (χ1v) is 11.5. The Hall–Kier alpha value is -4.84. The summed E-state index contributed by atoms with van der Waals surface area (Å²) in [7, 11) is 3.30. The first-order valence-electron chi connectivity index (χ1n) is 11.5. The molecule has 174 valence electrons. The highest BCUT2D eigenvalue weighted by atomic mass is 16.5. The second-order valence-corrected chi connectivity index (χ2v) is 8.29. The molecule has 0 aliphatic rings. The number of ether oxygens (including phenoxy) is 2. The smallest absolute Gasteiger partial charge is 0.130 e. The van der Waals surface area contributed by atoms with Gasteiger partial charge in [-0.05, 0) is 34.5 Å². The fourth-order valence-electron chi connectivity index (χ4n) is 4.57. The molecule has 0 bridgehead atoms. The highest BCUT2D eigenvalue weighted by Crippen LogP contribution is 2.39. The molecule has 4 heterocycles. The monoisotopic (exact) mass is 470 g/mol. The number of pyridine rings is 4. The number of benzene rings is 2. The van der Waals surface area contributed by atoms with Gasteiger partial charge in [0.25, 0.3) is 0 Å². The molecule has 6 aromatic rings. The quantitative estimate of drug-likeness (QED) is 0.283. The van der Waals surface area contributed by atoms with Gasteiger partial charge >= 0.3 is 0 Å². The van der Waals surface area contributed by atoms with Crippen molar-refractivity contribution >= 4 is 21.5 Å². The third-order valence-corrected chi connectivity index (χ3v) is 6.31. The third-order valence-electron chi connectivity index (χ3n) is 6.31. The van der Waals surface area contributed by atoms with Crippen LogP contribution in [0.1, 0.15) is 0 Å². The summed E-state index contributed by atoms with van der Waals surface area (Å²) >= 11 is 0. The Bertz CT molecular complexity index is 1730. The van der Waals surface area contributed by atoms with E-state index < -0.39 is 0 Å². The van der Waals surface area contributed by atoms with Gasteiger partial charge < -0.3 is 9.47 Å². The Morgan fingerprint density at radius 2 is 1.31 bits per heavy atom. The predicted octanol–water partition coefficient (Wildman–Crippen LogP) is 6.59. The maximum atomic E-state index is 5.81. The van der Waals surface area contributed by atoms with Gasteiger partial charge in [0.05, 0.1) is 37.0 Å². The van der Waals surface area contributed by atoms with Gasteiger partial charge in [0.15, 0.2) is 0 Å². The third kappa shape index (κ3) is 3.69. The molecule has 6 rings (SSSR count). The van der Waals surface area contributed by atoms with Crippen molar-refractivity contribution in [2.75, 3.05) is 14.2 Å². The number of hydrogen-bond donors (Lipinski definition) is 0. The fraction of sp³-hybridized carbons (Fsp3) is 0.0667. The molecule has 0 saturated carbocycles. The van der Waals surface area contributed by atoms with E-state index in [1.54, 1.807) is 20.4 Å². The molecule has 0 spiro atoms. The van der Waals surface area contributed by atoms with Crippen LogP contribution in [0.5, 0.6) is 11.5 Å². The summed E-state index contributed by atoms with van der Waals surface area (Å²) in [5.74, 6) is 1.43. The van der Waals surface area contributed by atoms with Crippen LogP contribution in [0.15, 0.2) is 97.6 Å². The maximum absolute atomic E-state index is 5.81. The minimum Gasteiger partial charge on any atom is -0.497 e. The lowest BCUT2D eigenvalue weighted by atomic mass is 9.96.